The summed E-state index contributed by atoms with van der Waals surface area (Å²) in [7, 11) is 0. The summed E-state index contributed by atoms with van der Waals surface area (Å²) in [5, 5.41) is 6.90. The summed E-state index contributed by atoms with van der Waals surface area (Å²) in [6.45, 7) is 0. The zero-order valence-electron chi connectivity index (χ0n) is 13.9. The second-order valence-electron chi connectivity index (χ2n) is 6.06. The van der Waals surface area contributed by atoms with Crippen molar-refractivity contribution in [2.75, 3.05) is 5.73 Å². The number of rotatable bonds is 3. The van der Waals surface area contributed by atoms with Gasteiger partial charge in [0, 0.05) is 5.56 Å². The third-order valence-corrected chi connectivity index (χ3v) is 4.46. The largest absolute Gasteiger partial charge is 0.379 e. The van der Waals surface area contributed by atoms with Gasteiger partial charge in [0.05, 0.1) is 28.5 Å². The van der Waals surface area contributed by atoms with E-state index in [1.807, 2.05) is 48.5 Å². The molecule has 1 unspecified atom stereocenters. The SMILES string of the molecule is Nc1nonc1C(=O)NNC1c2ccccc2-c2nc3ccccc3nc21. The molecule has 9 heteroatoms. The van der Waals surface area contributed by atoms with Gasteiger partial charge in [0.15, 0.2) is 0 Å². The van der Waals surface area contributed by atoms with E-state index in [0.29, 0.717) is 0 Å². The molecule has 2 heterocycles. The van der Waals surface area contributed by atoms with E-state index in [2.05, 4.69) is 25.8 Å². The number of nitrogens with two attached hydrogens (primary N) is 1. The Kier molecular flexibility index (Phi) is 3.34. The molecule has 4 N–H and O–H groups in total. The second kappa shape index (κ2) is 5.85. The molecule has 0 saturated carbocycles. The lowest BCUT2D eigenvalue weighted by Gasteiger charge is -2.15. The fourth-order valence-electron chi connectivity index (χ4n) is 3.22. The summed E-state index contributed by atoms with van der Waals surface area (Å²) in [6, 6.07) is 15.1. The number of anilines is 1. The zero-order valence-corrected chi connectivity index (χ0v) is 13.9. The molecule has 0 aliphatic heterocycles. The molecule has 27 heavy (non-hydrogen) atoms. The van der Waals surface area contributed by atoms with Crippen LogP contribution in [0.25, 0.3) is 22.3 Å². The van der Waals surface area contributed by atoms with Crippen LogP contribution in [-0.2, 0) is 0 Å². The summed E-state index contributed by atoms with van der Waals surface area (Å²) >= 11 is 0. The van der Waals surface area contributed by atoms with E-state index in [9.17, 15) is 4.79 Å². The van der Waals surface area contributed by atoms with Gasteiger partial charge in [0.2, 0.25) is 11.5 Å². The molecule has 0 fully saturated rings. The number of para-hydroxylation sites is 2. The number of amides is 1. The van der Waals surface area contributed by atoms with Crippen LogP contribution in [0.1, 0.15) is 27.8 Å². The Morgan fingerprint density at radius 2 is 1.74 bits per heavy atom. The average molecular weight is 359 g/mol. The number of hydrazine groups is 1. The van der Waals surface area contributed by atoms with Crippen molar-refractivity contribution in [2.45, 2.75) is 6.04 Å². The highest BCUT2D eigenvalue weighted by atomic mass is 16.6. The van der Waals surface area contributed by atoms with Gasteiger partial charge in [-0.25, -0.2) is 20.0 Å². The number of hydrogen-bond donors (Lipinski definition) is 3. The molecule has 4 aromatic rings. The van der Waals surface area contributed by atoms with Crippen LogP contribution < -0.4 is 16.6 Å². The molecule has 132 valence electrons. The number of carbonyl (C=O) groups excluding carboxylic acids is 1. The van der Waals surface area contributed by atoms with E-state index >= 15 is 0 Å². The maximum Gasteiger partial charge on any atom is 0.291 e. The number of carbonyl (C=O) groups is 1. The van der Waals surface area contributed by atoms with Gasteiger partial charge in [-0.3, -0.25) is 10.2 Å². The van der Waals surface area contributed by atoms with Crippen LogP contribution in [-0.4, -0.2) is 26.2 Å². The van der Waals surface area contributed by atoms with Crippen molar-refractivity contribution >= 4 is 22.8 Å². The number of nitrogens with zero attached hydrogens (tertiary/aromatic N) is 4. The first-order chi connectivity index (χ1) is 13.2. The molecule has 0 saturated heterocycles. The molecule has 0 bridgehead atoms. The van der Waals surface area contributed by atoms with E-state index in [0.717, 1.165) is 33.5 Å². The van der Waals surface area contributed by atoms with Crippen LogP contribution in [0.5, 0.6) is 0 Å². The third kappa shape index (κ3) is 2.41. The Morgan fingerprint density at radius 1 is 1.00 bits per heavy atom. The Balaban J connectivity index is 1.54. The molecular weight excluding hydrogens is 346 g/mol. The molecule has 9 nitrogen and oxygen atoms in total. The molecule has 2 aromatic heterocycles. The maximum absolute atomic E-state index is 12.3. The quantitative estimate of drug-likeness (QED) is 0.470. The lowest BCUT2D eigenvalue weighted by molar-refractivity contribution is 0.0919. The number of hydrogen-bond acceptors (Lipinski definition) is 8. The molecule has 0 radical (unpaired) electrons. The van der Waals surface area contributed by atoms with Crippen LogP contribution in [0, 0.1) is 0 Å². The number of aromatic nitrogens is 4. The van der Waals surface area contributed by atoms with E-state index in [4.69, 9.17) is 15.7 Å². The van der Waals surface area contributed by atoms with Gasteiger partial charge in [-0.05, 0) is 28.0 Å². The second-order valence-corrected chi connectivity index (χ2v) is 6.06. The maximum atomic E-state index is 12.3. The van der Waals surface area contributed by atoms with E-state index in [1.165, 1.54) is 0 Å². The summed E-state index contributed by atoms with van der Waals surface area (Å²) < 4.78 is 4.46. The first kappa shape index (κ1) is 15.4. The van der Waals surface area contributed by atoms with Gasteiger partial charge in [-0.15, -0.1) is 0 Å². The van der Waals surface area contributed by atoms with Crippen LogP contribution in [0.15, 0.2) is 53.2 Å². The van der Waals surface area contributed by atoms with Gasteiger partial charge >= 0.3 is 0 Å². The van der Waals surface area contributed by atoms with Gasteiger partial charge in [0.1, 0.15) is 0 Å². The predicted molar refractivity (Wildman–Crippen MR) is 96.1 cm³/mol. The van der Waals surface area contributed by atoms with Crippen molar-refractivity contribution in [3.63, 3.8) is 0 Å². The highest BCUT2D eigenvalue weighted by molar-refractivity contribution is 5.95. The molecule has 1 aliphatic rings. The van der Waals surface area contributed by atoms with Crippen molar-refractivity contribution in [2.24, 2.45) is 0 Å². The van der Waals surface area contributed by atoms with Crippen LogP contribution in [0.3, 0.4) is 0 Å². The van der Waals surface area contributed by atoms with Crippen molar-refractivity contribution in [1.82, 2.24) is 31.1 Å². The number of nitrogens with one attached hydrogen (secondary N) is 2. The minimum Gasteiger partial charge on any atom is -0.379 e. The summed E-state index contributed by atoms with van der Waals surface area (Å²) in [5.41, 5.74) is 16.2. The lowest BCUT2D eigenvalue weighted by Crippen LogP contribution is -2.40. The molecule has 0 spiro atoms. The highest BCUT2D eigenvalue weighted by Gasteiger charge is 2.32. The van der Waals surface area contributed by atoms with Gasteiger partial charge in [-0.2, -0.15) is 0 Å². The van der Waals surface area contributed by atoms with Crippen molar-refractivity contribution in [3.05, 3.63) is 65.5 Å². The highest BCUT2D eigenvalue weighted by Crippen LogP contribution is 2.41. The van der Waals surface area contributed by atoms with E-state index in [1.54, 1.807) is 0 Å². The Morgan fingerprint density at radius 3 is 2.52 bits per heavy atom. The average Bonchev–Trinajstić information content (AvgIpc) is 3.26. The van der Waals surface area contributed by atoms with E-state index < -0.39 is 5.91 Å². The van der Waals surface area contributed by atoms with Crippen molar-refractivity contribution in [3.8, 4) is 11.3 Å². The Labute approximate surface area is 152 Å². The molecule has 2 aromatic carbocycles. The summed E-state index contributed by atoms with van der Waals surface area (Å²) in [4.78, 5) is 21.8. The molecule has 1 amide bonds. The molecule has 5 rings (SSSR count). The molecule has 1 aliphatic carbocycles. The van der Waals surface area contributed by atoms with Gasteiger partial charge in [0.25, 0.3) is 5.91 Å². The molecule has 1 atom stereocenters. The van der Waals surface area contributed by atoms with Crippen molar-refractivity contribution in [1.29, 1.82) is 0 Å². The van der Waals surface area contributed by atoms with Crippen LogP contribution >= 0.6 is 0 Å². The summed E-state index contributed by atoms with van der Waals surface area (Å²) in [5.74, 6) is -0.624. The van der Waals surface area contributed by atoms with Crippen molar-refractivity contribution < 1.29 is 9.42 Å². The monoisotopic (exact) mass is 359 g/mol. The minimum absolute atomic E-state index is 0.0766. The lowest BCUT2D eigenvalue weighted by atomic mass is 10.1. The Bertz CT molecular complexity index is 1190. The normalized spacial score (nSPS) is 14.7. The number of benzene rings is 2. The predicted octanol–water partition coefficient (Wildman–Crippen LogP) is 1.60. The van der Waals surface area contributed by atoms with Crippen LogP contribution in [0.2, 0.25) is 0 Å². The van der Waals surface area contributed by atoms with E-state index in [-0.39, 0.29) is 17.6 Å². The number of fused-ring (bicyclic) bond motifs is 4. The molecular formula is C18H13N7O2. The smallest absolute Gasteiger partial charge is 0.291 e. The van der Waals surface area contributed by atoms with Crippen LogP contribution in [0.4, 0.5) is 5.82 Å². The fourth-order valence-corrected chi connectivity index (χ4v) is 3.22. The zero-order chi connectivity index (χ0) is 18.4. The minimum atomic E-state index is -0.548. The standard InChI is InChI=1S/C18H13N7O2/c19-17-16(24-27-25-17)18(26)23-22-14-10-6-2-1-5-9(10)13-15(14)21-12-8-4-3-7-11(12)20-13/h1-8,14,22H,(H2,19,25)(H,23,26). The fraction of sp³-hybridized carbons (Fsp3) is 0.0556. The first-order valence-electron chi connectivity index (χ1n) is 8.22. The first-order valence-corrected chi connectivity index (χ1v) is 8.22. The topological polar surface area (TPSA) is 132 Å². The summed E-state index contributed by atoms with van der Waals surface area (Å²) in [6.07, 6.45) is 0. The Hall–Kier alpha value is -3.85. The van der Waals surface area contributed by atoms with Gasteiger partial charge < -0.3 is 5.73 Å². The third-order valence-electron chi connectivity index (χ3n) is 4.46. The number of nitrogen functional groups attached to an aromatic ring is 1. The van der Waals surface area contributed by atoms with Gasteiger partial charge in [-0.1, -0.05) is 36.4 Å².